The van der Waals surface area contributed by atoms with E-state index in [-0.39, 0.29) is 0 Å². The van der Waals surface area contributed by atoms with E-state index in [1.54, 1.807) is 0 Å². The fourth-order valence-corrected chi connectivity index (χ4v) is 1.92. The first-order valence-electron chi connectivity index (χ1n) is 4.84. The van der Waals surface area contributed by atoms with E-state index in [1.807, 2.05) is 0 Å². The Morgan fingerprint density at radius 2 is 1.64 bits per heavy atom. The summed E-state index contributed by atoms with van der Waals surface area (Å²) in [7, 11) is 0. The Kier molecular flexibility index (Phi) is 2.12. The van der Waals surface area contributed by atoms with E-state index in [9.17, 15) is 0 Å². The molecule has 0 saturated carbocycles. The van der Waals surface area contributed by atoms with Crippen LogP contribution in [0, 0.1) is 13.8 Å². The van der Waals surface area contributed by atoms with Crippen LogP contribution in [-0.2, 0) is 0 Å². The summed E-state index contributed by atoms with van der Waals surface area (Å²) in [5.41, 5.74) is 6.38. The van der Waals surface area contributed by atoms with Crippen LogP contribution in [0.5, 0.6) is 0 Å². The predicted octanol–water partition coefficient (Wildman–Crippen LogP) is 3.81. The Balaban J connectivity index is 2.57. The largest absolute Gasteiger partial charge is 0.0917 e. The lowest BCUT2D eigenvalue weighted by molar-refractivity contribution is 1.34. The third-order valence-electron chi connectivity index (χ3n) is 2.59. The molecule has 0 heteroatoms. The van der Waals surface area contributed by atoms with E-state index < -0.39 is 0 Å². The molecule has 0 nitrogen and oxygen atoms in total. The molecule has 0 N–H and O–H groups in total. The van der Waals surface area contributed by atoms with Crippen molar-refractivity contribution in [3.05, 3.63) is 65.3 Å². The number of hydrogen-bond acceptors (Lipinski definition) is 0. The SMILES string of the molecule is C=C1C=CC(c2c(C)cccc2C)=C1. The van der Waals surface area contributed by atoms with E-state index in [2.05, 4.69) is 56.9 Å². The minimum Gasteiger partial charge on any atom is -0.0917 e. The maximum Gasteiger partial charge on any atom is -0.0125 e. The van der Waals surface area contributed by atoms with Gasteiger partial charge >= 0.3 is 0 Å². The van der Waals surface area contributed by atoms with Gasteiger partial charge < -0.3 is 0 Å². The molecular formula is C14H14. The highest BCUT2D eigenvalue weighted by Gasteiger charge is 2.08. The van der Waals surface area contributed by atoms with Crippen LogP contribution in [-0.4, -0.2) is 0 Å². The predicted molar refractivity (Wildman–Crippen MR) is 62.2 cm³/mol. The molecule has 0 atom stereocenters. The third-order valence-corrected chi connectivity index (χ3v) is 2.59. The van der Waals surface area contributed by atoms with Gasteiger partial charge in [0.05, 0.1) is 0 Å². The lowest BCUT2D eigenvalue weighted by Crippen LogP contribution is -1.89. The molecule has 0 spiro atoms. The molecule has 2 rings (SSSR count). The van der Waals surface area contributed by atoms with Gasteiger partial charge in [-0.1, -0.05) is 36.9 Å². The van der Waals surface area contributed by atoms with Crippen LogP contribution in [0.1, 0.15) is 16.7 Å². The Bertz CT molecular complexity index is 425. The summed E-state index contributed by atoms with van der Waals surface area (Å²) >= 11 is 0. The zero-order valence-corrected chi connectivity index (χ0v) is 8.67. The highest BCUT2D eigenvalue weighted by molar-refractivity contribution is 5.83. The zero-order chi connectivity index (χ0) is 10.1. The number of allylic oxidation sites excluding steroid dienone is 5. The monoisotopic (exact) mass is 182 g/mol. The first-order valence-corrected chi connectivity index (χ1v) is 4.84. The lowest BCUT2D eigenvalue weighted by atomic mass is 9.96. The van der Waals surface area contributed by atoms with Crippen molar-refractivity contribution in [2.75, 3.05) is 0 Å². The van der Waals surface area contributed by atoms with Crippen LogP contribution in [0.2, 0.25) is 0 Å². The van der Waals surface area contributed by atoms with E-state index in [0.29, 0.717) is 0 Å². The van der Waals surface area contributed by atoms with Gasteiger partial charge in [-0.25, -0.2) is 0 Å². The van der Waals surface area contributed by atoms with Crippen LogP contribution >= 0.6 is 0 Å². The molecule has 1 aliphatic carbocycles. The number of hydrogen-bond donors (Lipinski definition) is 0. The van der Waals surface area contributed by atoms with Crippen molar-refractivity contribution in [1.29, 1.82) is 0 Å². The fourth-order valence-electron chi connectivity index (χ4n) is 1.92. The topological polar surface area (TPSA) is 0 Å². The summed E-state index contributed by atoms with van der Waals surface area (Å²) in [6.07, 6.45) is 6.33. The Morgan fingerprint density at radius 3 is 2.14 bits per heavy atom. The first kappa shape index (κ1) is 9.01. The van der Waals surface area contributed by atoms with Gasteiger partial charge in [-0.05, 0) is 47.8 Å². The third kappa shape index (κ3) is 1.44. The fraction of sp³-hybridized carbons (Fsp3) is 0.143. The number of benzene rings is 1. The molecule has 0 heterocycles. The maximum absolute atomic E-state index is 3.93. The molecule has 70 valence electrons. The first-order chi connectivity index (χ1) is 6.68. The smallest absolute Gasteiger partial charge is 0.0125 e. The zero-order valence-electron chi connectivity index (χ0n) is 8.67. The summed E-state index contributed by atoms with van der Waals surface area (Å²) < 4.78 is 0. The Morgan fingerprint density at radius 1 is 1.00 bits per heavy atom. The van der Waals surface area contributed by atoms with Gasteiger partial charge in [-0.3, -0.25) is 0 Å². The van der Waals surface area contributed by atoms with Gasteiger partial charge in [0, 0.05) is 0 Å². The van der Waals surface area contributed by atoms with Crippen molar-refractivity contribution in [3.63, 3.8) is 0 Å². The number of aryl methyl sites for hydroxylation is 2. The molecule has 0 bridgehead atoms. The molecule has 1 aliphatic rings. The molecule has 14 heavy (non-hydrogen) atoms. The van der Waals surface area contributed by atoms with Crippen molar-refractivity contribution in [2.45, 2.75) is 13.8 Å². The second-order valence-corrected chi connectivity index (χ2v) is 3.77. The van der Waals surface area contributed by atoms with E-state index in [0.717, 1.165) is 5.57 Å². The molecule has 0 fully saturated rings. The number of rotatable bonds is 1. The van der Waals surface area contributed by atoms with Crippen LogP contribution in [0.25, 0.3) is 5.57 Å². The second-order valence-electron chi connectivity index (χ2n) is 3.77. The Hall–Kier alpha value is -1.56. The molecule has 0 aromatic heterocycles. The summed E-state index contributed by atoms with van der Waals surface area (Å²) in [5.74, 6) is 0. The minimum atomic E-state index is 1.09. The molecular weight excluding hydrogens is 168 g/mol. The van der Waals surface area contributed by atoms with Gasteiger partial charge in [0.1, 0.15) is 0 Å². The van der Waals surface area contributed by atoms with Crippen molar-refractivity contribution in [2.24, 2.45) is 0 Å². The van der Waals surface area contributed by atoms with Crippen molar-refractivity contribution in [3.8, 4) is 0 Å². The molecule has 0 aliphatic heterocycles. The average Bonchev–Trinajstić information content (AvgIpc) is 2.51. The standard InChI is InChI=1S/C14H14/c1-10-7-8-13(9-10)14-11(2)5-4-6-12(14)3/h4-9H,1H2,2-3H3. The van der Waals surface area contributed by atoms with Gasteiger partial charge in [0.25, 0.3) is 0 Å². The summed E-state index contributed by atoms with van der Waals surface area (Å²) in [5, 5.41) is 0. The molecule has 1 aromatic rings. The molecule has 0 saturated heterocycles. The molecule has 1 aromatic carbocycles. The molecule has 0 radical (unpaired) electrons. The minimum absolute atomic E-state index is 1.09. The van der Waals surface area contributed by atoms with Crippen LogP contribution in [0.4, 0.5) is 0 Å². The van der Waals surface area contributed by atoms with Gasteiger partial charge in [-0.2, -0.15) is 0 Å². The normalized spacial score (nSPS) is 14.7. The van der Waals surface area contributed by atoms with Crippen molar-refractivity contribution < 1.29 is 0 Å². The van der Waals surface area contributed by atoms with E-state index in [1.165, 1.54) is 22.3 Å². The summed E-state index contributed by atoms with van der Waals surface area (Å²) in [6.45, 7) is 8.23. The highest BCUT2D eigenvalue weighted by Crippen LogP contribution is 2.28. The van der Waals surface area contributed by atoms with Crippen LogP contribution < -0.4 is 0 Å². The van der Waals surface area contributed by atoms with Crippen LogP contribution in [0.15, 0.2) is 48.6 Å². The second kappa shape index (κ2) is 3.30. The molecule has 0 amide bonds. The van der Waals surface area contributed by atoms with Crippen molar-refractivity contribution >= 4 is 5.57 Å². The van der Waals surface area contributed by atoms with Crippen LogP contribution in [0.3, 0.4) is 0 Å². The van der Waals surface area contributed by atoms with Gasteiger partial charge in [-0.15, -0.1) is 0 Å². The quantitative estimate of drug-likeness (QED) is 0.619. The van der Waals surface area contributed by atoms with E-state index in [4.69, 9.17) is 0 Å². The Labute approximate surface area is 85.3 Å². The summed E-state index contributed by atoms with van der Waals surface area (Å²) in [6, 6.07) is 6.40. The van der Waals surface area contributed by atoms with Gasteiger partial charge in [0.15, 0.2) is 0 Å². The molecule has 0 unspecified atom stereocenters. The van der Waals surface area contributed by atoms with E-state index >= 15 is 0 Å². The average molecular weight is 182 g/mol. The van der Waals surface area contributed by atoms with Gasteiger partial charge in [0.2, 0.25) is 0 Å². The maximum atomic E-state index is 3.93. The lowest BCUT2D eigenvalue weighted by Gasteiger charge is -2.08. The summed E-state index contributed by atoms with van der Waals surface area (Å²) in [4.78, 5) is 0. The highest BCUT2D eigenvalue weighted by atomic mass is 14.1. The van der Waals surface area contributed by atoms with Crippen molar-refractivity contribution in [1.82, 2.24) is 0 Å².